The van der Waals surface area contributed by atoms with Crippen molar-refractivity contribution in [3.8, 4) is 5.88 Å². The van der Waals surface area contributed by atoms with Gasteiger partial charge in [-0.05, 0) is 18.1 Å². The fraction of sp³-hybridized carbons (Fsp3) is 0.588. The molecule has 0 aromatic carbocycles. The van der Waals surface area contributed by atoms with Crippen LogP contribution in [0.5, 0.6) is 5.88 Å². The second-order valence-electron chi connectivity index (χ2n) is 6.39. The lowest BCUT2D eigenvalue weighted by atomic mass is 10.2. The van der Waals surface area contributed by atoms with Gasteiger partial charge in [-0.3, -0.25) is 4.90 Å². The molecule has 3 rings (SSSR count). The highest BCUT2D eigenvalue weighted by atomic mass is 19.4. The maximum Gasteiger partial charge on any atom is 0.389 e. The Labute approximate surface area is 155 Å². The fourth-order valence-electron chi connectivity index (χ4n) is 2.90. The predicted octanol–water partition coefficient (Wildman–Crippen LogP) is 2.33. The van der Waals surface area contributed by atoms with Crippen LogP contribution in [0.15, 0.2) is 22.9 Å². The maximum atomic E-state index is 12.3. The van der Waals surface area contributed by atoms with Gasteiger partial charge in [0.05, 0.1) is 13.5 Å². The lowest BCUT2D eigenvalue weighted by Gasteiger charge is -2.33. The van der Waals surface area contributed by atoms with E-state index >= 15 is 0 Å². The van der Waals surface area contributed by atoms with Gasteiger partial charge >= 0.3 is 12.2 Å². The SMILES string of the molecule is COc1cc(CCN2CCN(c3nc(CCC(F)(F)F)no3)CC2)ccn1. The molecule has 1 aliphatic heterocycles. The van der Waals surface area contributed by atoms with E-state index in [1.807, 2.05) is 17.0 Å². The number of aromatic nitrogens is 3. The van der Waals surface area contributed by atoms with Crippen LogP contribution in [-0.4, -0.2) is 66.0 Å². The van der Waals surface area contributed by atoms with Crippen LogP contribution in [0.25, 0.3) is 0 Å². The molecule has 1 fully saturated rings. The molecule has 27 heavy (non-hydrogen) atoms. The quantitative estimate of drug-likeness (QED) is 0.725. The van der Waals surface area contributed by atoms with Gasteiger partial charge < -0.3 is 14.2 Å². The standard InChI is InChI=1S/C17H22F3N5O2/c1-26-15-12-13(3-6-21-15)4-7-24-8-10-25(11-9-24)16-22-14(23-27-16)2-5-17(18,19)20/h3,6,12H,2,4-5,7-11H2,1H3. The van der Waals surface area contributed by atoms with E-state index < -0.39 is 12.6 Å². The molecule has 7 nitrogen and oxygen atoms in total. The van der Waals surface area contributed by atoms with E-state index in [2.05, 4.69) is 20.0 Å². The number of nitrogens with zero attached hydrogens (tertiary/aromatic N) is 5. The summed E-state index contributed by atoms with van der Waals surface area (Å²) in [5.41, 5.74) is 1.16. The summed E-state index contributed by atoms with van der Waals surface area (Å²) in [5, 5.41) is 3.65. The highest BCUT2D eigenvalue weighted by Gasteiger charge is 2.28. The van der Waals surface area contributed by atoms with E-state index in [9.17, 15) is 13.2 Å². The van der Waals surface area contributed by atoms with Crippen molar-refractivity contribution in [2.24, 2.45) is 0 Å². The van der Waals surface area contributed by atoms with Gasteiger partial charge in [-0.25, -0.2) is 4.98 Å². The second kappa shape index (κ2) is 8.55. The van der Waals surface area contributed by atoms with Gasteiger partial charge in [0.25, 0.3) is 0 Å². The number of aryl methyl sites for hydroxylation is 1. The van der Waals surface area contributed by atoms with E-state index in [-0.39, 0.29) is 12.2 Å². The number of ether oxygens (including phenoxy) is 1. The Morgan fingerprint density at radius 2 is 1.96 bits per heavy atom. The van der Waals surface area contributed by atoms with Crippen molar-refractivity contribution in [3.05, 3.63) is 29.7 Å². The van der Waals surface area contributed by atoms with Crippen LogP contribution in [0.3, 0.4) is 0 Å². The Kier molecular flexibility index (Phi) is 6.15. The minimum absolute atomic E-state index is 0.0939. The van der Waals surface area contributed by atoms with Crippen molar-refractivity contribution in [1.29, 1.82) is 0 Å². The molecular formula is C17H22F3N5O2. The van der Waals surface area contributed by atoms with Crippen molar-refractivity contribution in [2.75, 3.05) is 44.7 Å². The van der Waals surface area contributed by atoms with E-state index in [0.29, 0.717) is 25.0 Å². The summed E-state index contributed by atoms with van der Waals surface area (Å²) >= 11 is 0. The van der Waals surface area contributed by atoms with E-state index in [1.165, 1.54) is 0 Å². The average Bonchev–Trinajstić information content (AvgIpc) is 3.14. The third-order valence-corrected chi connectivity index (χ3v) is 4.46. The van der Waals surface area contributed by atoms with Gasteiger partial charge in [-0.15, -0.1) is 0 Å². The van der Waals surface area contributed by atoms with Crippen molar-refractivity contribution in [1.82, 2.24) is 20.0 Å². The first-order valence-electron chi connectivity index (χ1n) is 8.78. The minimum Gasteiger partial charge on any atom is -0.481 e. The van der Waals surface area contributed by atoms with Crippen LogP contribution in [-0.2, 0) is 12.8 Å². The molecule has 0 N–H and O–H groups in total. The van der Waals surface area contributed by atoms with Crippen molar-refractivity contribution < 1.29 is 22.4 Å². The van der Waals surface area contributed by atoms with E-state index in [4.69, 9.17) is 9.26 Å². The van der Waals surface area contributed by atoms with Gasteiger partial charge in [-0.2, -0.15) is 18.2 Å². The molecule has 0 aliphatic carbocycles. The minimum atomic E-state index is -4.22. The fourth-order valence-corrected chi connectivity index (χ4v) is 2.90. The highest BCUT2D eigenvalue weighted by Crippen LogP contribution is 2.22. The summed E-state index contributed by atoms with van der Waals surface area (Å²) in [6.45, 7) is 3.94. The molecular weight excluding hydrogens is 363 g/mol. The highest BCUT2D eigenvalue weighted by molar-refractivity contribution is 5.26. The van der Waals surface area contributed by atoms with Crippen LogP contribution < -0.4 is 9.64 Å². The Bertz CT molecular complexity index is 729. The number of hydrogen-bond acceptors (Lipinski definition) is 7. The molecule has 1 aliphatic rings. The molecule has 0 saturated carbocycles. The van der Waals surface area contributed by atoms with Crippen molar-refractivity contribution in [2.45, 2.75) is 25.4 Å². The van der Waals surface area contributed by atoms with Gasteiger partial charge in [0.15, 0.2) is 5.82 Å². The number of hydrogen-bond donors (Lipinski definition) is 0. The predicted molar refractivity (Wildman–Crippen MR) is 91.8 cm³/mol. The Morgan fingerprint density at radius 3 is 2.67 bits per heavy atom. The summed E-state index contributed by atoms with van der Waals surface area (Å²) in [4.78, 5) is 12.4. The molecule has 0 unspecified atom stereocenters. The average molecular weight is 385 g/mol. The number of alkyl halides is 3. The zero-order valence-corrected chi connectivity index (χ0v) is 15.1. The normalized spacial score (nSPS) is 15.9. The van der Waals surface area contributed by atoms with Gasteiger partial charge in [-0.1, -0.05) is 5.16 Å². The van der Waals surface area contributed by atoms with E-state index in [0.717, 1.165) is 31.6 Å². The third-order valence-electron chi connectivity index (χ3n) is 4.46. The Morgan fingerprint density at radius 1 is 1.19 bits per heavy atom. The summed E-state index contributed by atoms with van der Waals surface area (Å²) in [6, 6.07) is 4.20. The largest absolute Gasteiger partial charge is 0.481 e. The second-order valence-corrected chi connectivity index (χ2v) is 6.39. The smallest absolute Gasteiger partial charge is 0.389 e. The molecule has 0 radical (unpaired) electrons. The molecule has 0 spiro atoms. The molecule has 2 aromatic rings. The van der Waals surface area contributed by atoms with Crippen LogP contribution >= 0.6 is 0 Å². The molecule has 3 heterocycles. The molecule has 0 atom stereocenters. The van der Waals surface area contributed by atoms with Crippen LogP contribution in [0, 0.1) is 0 Å². The lowest BCUT2D eigenvalue weighted by Crippen LogP contribution is -2.47. The van der Waals surface area contributed by atoms with E-state index in [1.54, 1.807) is 13.3 Å². The number of anilines is 1. The summed E-state index contributed by atoms with van der Waals surface area (Å²) in [5.74, 6) is 0.700. The number of halogens is 3. The van der Waals surface area contributed by atoms with Crippen molar-refractivity contribution in [3.63, 3.8) is 0 Å². The van der Waals surface area contributed by atoms with Crippen LogP contribution in [0.4, 0.5) is 19.2 Å². The number of rotatable bonds is 7. The van der Waals surface area contributed by atoms with Gasteiger partial charge in [0.2, 0.25) is 5.88 Å². The topological polar surface area (TPSA) is 67.5 Å². The zero-order valence-electron chi connectivity index (χ0n) is 15.1. The molecule has 10 heteroatoms. The first-order valence-corrected chi connectivity index (χ1v) is 8.78. The molecule has 0 amide bonds. The third kappa shape index (κ3) is 5.81. The van der Waals surface area contributed by atoms with Crippen molar-refractivity contribution >= 4 is 6.01 Å². The maximum absolute atomic E-state index is 12.3. The van der Waals surface area contributed by atoms with Crippen LogP contribution in [0.1, 0.15) is 17.8 Å². The molecule has 2 aromatic heterocycles. The Hall–Kier alpha value is -2.36. The van der Waals surface area contributed by atoms with Gasteiger partial charge in [0, 0.05) is 51.4 Å². The number of pyridine rings is 1. The summed E-state index contributed by atoms with van der Waals surface area (Å²) in [7, 11) is 1.59. The first kappa shape index (κ1) is 19.4. The zero-order chi connectivity index (χ0) is 19.3. The molecule has 148 valence electrons. The monoisotopic (exact) mass is 385 g/mol. The first-order chi connectivity index (χ1) is 12.9. The Balaban J connectivity index is 1.44. The number of methoxy groups -OCH3 is 1. The number of piperazine rings is 1. The lowest BCUT2D eigenvalue weighted by molar-refractivity contribution is -0.134. The molecule has 0 bridgehead atoms. The van der Waals surface area contributed by atoms with Crippen LogP contribution in [0.2, 0.25) is 0 Å². The van der Waals surface area contributed by atoms with Gasteiger partial charge in [0.1, 0.15) is 0 Å². The molecule has 1 saturated heterocycles. The summed E-state index contributed by atoms with van der Waals surface area (Å²) in [6.07, 6.45) is -2.80. The summed E-state index contributed by atoms with van der Waals surface area (Å²) < 4.78 is 47.1.